The monoisotopic (exact) mass is 435 g/mol. The van der Waals surface area contributed by atoms with Gasteiger partial charge in [0.05, 0.1) is 11.7 Å². The maximum atomic E-state index is 13.1. The molecule has 0 amide bonds. The number of hydrogen-bond acceptors (Lipinski definition) is 3. The molecule has 1 unspecified atom stereocenters. The molecular weight excluding hydrogens is 410 g/mol. The number of allylic oxidation sites excluding steroid dienone is 1. The largest absolute Gasteiger partial charge is 0.622 e. The van der Waals surface area contributed by atoms with Crippen molar-refractivity contribution in [1.82, 2.24) is 0 Å². The van der Waals surface area contributed by atoms with Gasteiger partial charge in [-0.2, -0.15) is 4.74 Å². The van der Waals surface area contributed by atoms with Crippen LogP contribution in [0, 0.1) is 10.6 Å². The van der Waals surface area contributed by atoms with Crippen molar-refractivity contribution in [2.75, 3.05) is 0 Å². The van der Waals surface area contributed by atoms with Gasteiger partial charge in [-0.05, 0) is 56.1 Å². The van der Waals surface area contributed by atoms with Crippen LogP contribution in [0.2, 0.25) is 0 Å². The highest BCUT2D eigenvalue weighted by Crippen LogP contribution is 2.37. The van der Waals surface area contributed by atoms with Crippen molar-refractivity contribution in [3.63, 3.8) is 0 Å². The molecule has 1 atom stereocenters. The lowest BCUT2D eigenvalue weighted by atomic mass is 9.88. The van der Waals surface area contributed by atoms with Gasteiger partial charge >= 0.3 is 0 Å². The summed E-state index contributed by atoms with van der Waals surface area (Å²) in [4.78, 5) is 0. The van der Waals surface area contributed by atoms with Crippen LogP contribution in [0.15, 0.2) is 83.5 Å². The molecule has 0 saturated heterocycles. The molecule has 0 N–H and O–H groups in total. The molecule has 0 saturated carbocycles. The first kappa shape index (κ1) is 20.0. The topological polar surface area (TPSA) is 48.4 Å². The molecule has 4 heteroatoms. The molecule has 6 rings (SSSR count). The van der Waals surface area contributed by atoms with Crippen molar-refractivity contribution in [2.45, 2.75) is 33.1 Å². The van der Waals surface area contributed by atoms with E-state index in [1.807, 2.05) is 18.2 Å². The van der Waals surface area contributed by atoms with E-state index < -0.39 is 6.23 Å². The van der Waals surface area contributed by atoms with Crippen LogP contribution in [0.25, 0.3) is 38.4 Å². The van der Waals surface area contributed by atoms with Crippen LogP contribution in [0.3, 0.4) is 0 Å². The van der Waals surface area contributed by atoms with Crippen molar-refractivity contribution in [3.8, 4) is 0 Å². The number of ether oxygens (including phenoxy) is 1. The van der Waals surface area contributed by atoms with E-state index in [9.17, 15) is 5.21 Å². The minimum absolute atomic E-state index is 0.284. The number of hydrogen-bond donors (Lipinski definition) is 0. The summed E-state index contributed by atoms with van der Waals surface area (Å²) in [5, 5.41) is 20.6. The van der Waals surface area contributed by atoms with Crippen LogP contribution >= 0.6 is 0 Å². The maximum Gasteiger partial charge on any atom is 0.273 e. The number of nitrogens with zero attached hydrogens (tertiary/aromatic N) is 1. The van der Waals surface area contributed by atoms with E-state index in [1.54, 1.807) is 6.26 Å². The summed E-state index contributed by atoms with van der Waals surface area (Å²) in [6.45, 7) is 4.43. The van der Waals surface area contributed by atoms with Crippen molar-refractivity contribution >= 4 is 44.1 Å². The van der Waals surface area contributed by atoms with Crippen molar-refractivity contribution in [2.24, 2.45) is 5.41 Å². The minimum Gasteiger partial charge on any atom is -0.622 e. The van der Waals surface area contributed by atoms with Gasteiger partial charge in [-0.1, -0.05) is 68.4 Å². The zero-order chi connectivity index (χ0) is 22.6. The van der Waals surface area contributed by atoms with Crippen LogP contribution in [-0.2, 0) is 11.3 Å². The van der Waals surface area contributed by atoms with Gasteiger partial charge in [0.15, 0.2) is 5.71 Å². The average molecular weight is 436 g/mol. The lowest BCUT2D eigenvalue weighted by Crippen LogP contribution is -2.33. The smallest absolute Gasteiger partial charge is 0.273 e. The van der Waals surface area contributed by atoms with E-state index in [2.05, 4.69) is 74.5 Å². The van der Waals surface area contributed by atoms with E-state index in [0.717, 1.165) is 21.8 Å². The zero-order valence-corrected chi connectivity index (χ0v) is 18.7. The number of benzene rings is 4. The minimum atomic E-state index is -0.552. The van der Waals surface area contributed by atoms with E-state index in [1.165, 1.54) is 32.3 Å². The predicted molar refractivity (Wildman–Crippen MR) is 133 cm³/mol. The maximum absolute atomic E-state index is 13.1. The number of furan rings is 1. The lowest BCUT2D eigenvalue weighted by molar-refractivity contribution is -0.566. The van der Waals surface area contributed by atoms with E-state index >= 15 is 0 Å². The summed E-state index contributed by atoms with van der Waals surface area (Å²) in [5.74, 6) is 0.719. The summed E-state index contributed by atoms with van der Waals surface area (Å²) < 4.78 is 12.3. The lowest BCUT2D eigenvalue weighted by Gasteiger charge is -2.23. The summed E-state index contributed by atoms with van der Waals surface area (Å²) in [6, 6.07) is 23.2. The van der Waals surface area contributed by atoms with E-state index in [4.69, 9.17) is 9.15 Å². The highest BCUT2D eigenvalue weighted by molar-refractivity contribution is 6.24. The summed E-state index contributed by atoms with van der Waals surface area (Å²) in [7, 11) is 0. The fraction of sp³-hybridized carbons (Fsp3) is 0.207. The number of rotatable bonds is 5. The van der Waals surface area contributed by atoms with Gasteiger partial charge in [-0.15, -0.1) is 0 Å². The third-order valence-electron chi connectivity index (χ3n) is 6.78. The summed E-state index contributed by atoms with van der Waals surface area (Å²) >= 11 is 0. The predicted octanol–water partition coefficient (Wildman–Crippen LogP) is 7.11. The normalized spacial score (nSPS) is 18.5. The Hall–Kier alpha value is -3.63. The van der Waals surface area contributed by atoms with E-state index in [-0.39, 0.29) is 12.0 Å². The summed E-state index contributed by atoms with van der Waals surface area (Å²) in [5.41, 5.74) is 1.55. The molecule has 5 aromatic rings. The average Bonchev–Trinajstić information content (AvgIpc) is 3.41. The SMILES string of the molecule is CC1(C)CC(/C=C/c2ccc3ccc4cccc5ccc2c3c45)=[N+]([O-])C1OCc1ccco1. The van der Waals surface area contributed by atoms with Gasteiger partial charge in [-0.25, -0.2) is 0 Å². The molecule has 2 heterocycles. The molecule has 0 fully saturated rings. The molecule has 4 nitrogen and oxygen atoms in total. The second-order valence-electron chi connectivity index (χ2n) is 9.57. The molecule has 1 aromatic heterocycles. The molecule has 1 aliphatic rings. The zero-order valence-electron chi connectivity index (χ0n) is 18.7. The third-order valence-corrected chi connectivity index (χ3v) is 6.78. The van der Waals surface area contributed by atoms with Gasteiger partial charge in [0, 0.05) is 12.5 Å². The van der Waals surface area contributed by atoms with Crippen LogP contribution in [-0.4, -0.2) is 16.7 Å². The molecular formula is C29H25NO3. The first-order valence-corrected chi connectivity index (χ1v) is 11.3. The van der Waals surface area contributed by atoms with Gasteiger partial charge in [-0.3, -0.25) is 0 Å². The fourth-order valence-corrected chi connectivity index (χ4v) is 5.17. The highest BCUT2D eigenvalue weighted by atomic mass is 16.6. The standard InChI is InChI=1S/C29H25NO3/c1-29(2)17-23(30(31)28(29)33-18-24-7-4-16-32-24)14-12-19-8-9-22-11-10-20-5-3-6-21-13-15-25(19)27(22)26(20)21/h3-16,28H,17-18H2,1-2H3/b14-12+. The van der Waals surface area contributed by atoms with Crippen LogP contribution < -0.4 is 0 Å². The van der Waals surface area contributed by atoms with Crippen LogP contribution in [0.4, 0.5) is 0 Å². The van der Waals surface area contributed by atoms with Gasteiger partial charge in [0.25, 0.3) is 6.23 Å². The molecule has 4 aromatic carbocycles. The quantitative estimate of drug-likeness (QED) is 0.168. The van der Waals surface area contributed by atoms with Crippen LogP contribution in [0.1, 0.15) is 31.6 Å². The third kappa shape index (κ3) is 3.30. The Labute approximate surface area is 192 Å². The van der Waals surface area contributed by atoms with Gasteiger partial charge in [0.1, 0.15) is 12.4 Å². The van der Waals surface area contributed by atoms with Crippen LogP contribution in [0.5, 0.6) is 0 Å². The number of hydroxylamine groups is 1. The molecule has 0 aliphatic carbocycles. The molecule has 164 valence electrons. The molecule has 33 heavy (non-hydrogen) atoms. The van der Waals surface area contributed by atoms with Crippen molar-refractivity contribution in [1.29, 1.82) is 0 Å². The Balaban J connectivity index is 1.37. The van der Waals surface area contributed by atoms with E-state index in [0.29, 0.717) is 6.42 Å². The Morgan fingerprint density at radius 1 is 0.939 bits per heavy atom. The second kappa shape index (κ2) is 7.46. The highest BCUT2D eigenvalue weighted by Gasteiger charge is 2.46. The fourth-order valence-electron chi connectivity index (χ4n) is 5.17. The Morgan fingerprint density at radius 2 is 1.67 bits per heavy atom. The van der Waals surface area contributed by atoms with Gasteiger partial charge in [0.2, 0.25) is 0 Å². The van der Waals surface area contributed by atoms with Crippen molar-refractivity contribution < 1.29 is 13.9 Å². The van der Waals surface area contributed by atoms with Crippen molar-refractivity contribution in [3.05, 3.63) is 95.6 Å². The Bertz CT molecular complexity index is 1510. The molecule has 0 radical (unpaired) electrons. The Morgan fingerprint density at radius 3 is 2.42 bits per heavy atom. The first-order valence-electron chi connectivity index (χ1n) is 11.3. The Kier molecular flexibility index (Phi) is 4.52. The second-order valence-corrected chi connectivity index (χ2v) is 9.57. The molecule has 0 bridgehead atoms. The molecule has 0 spiro atoms. The van der Waals surface area contributed by atoms with Gasteiger partial charge < -0.3 is 14.4 Å². The molecule has 1 aliphatic heterocycles. The summed E-state index contributed by atoms with van der Waals surface area (Å²) in [6.07, 6.45) is 5.74. The first-order chi connectivity index (χ1) is 16.0.